The second kappa shape index (κ2) is 3.37. The SMILES string of the molecule is CNC(=O)Nc1ccc2[nH]cnc2c1. The summed E-state index contributed by atoms with van der Waals surface area (Å²) in [6, 6.07) is 5.25. The second-order valence-corrected chi connectivity index (χ2v) is 2.84. The molecule has 14 heavy (non-hydrogen) atoms. The Balaban J connectivity index is 2.30. The molecular formula is C9H10N4O. The van der Waals surface area contributed by atoms with Gasteiger partial charge in [0.15, 0.2) is 0 Å². The van der Waals surface area contributed by atoms with Crippen LogP contribution in [0, 0.1) is 0 Å². The molecule has 0 saturated heterocycles. The quantitative estimate of drug-likeness (QED) is 0.634. The van der Waals surface area contributed by atoms with Gasteiger partial charge in [0.05, 0.1) is 17.4 Å². The molecule has 5 heteroatoms. The highest BCUT2D eigenvalue weighted by molar-refractivity contribution is 5.91. The molecule has 0 aliphatic carbocycles. The molecule has 0 saturated carbocycles. The van der Waals surface area contributed by atoms with Gasteiger partial charge in [-0.2, -0.15) is 0 Å². The Morgan fingerprint density at radius 2 is 2.36 bits per heavy atom. The zero-order valence-corrected chi connectivity index (χ0v) is 7.66. The third-order valence-corrected chi connectivity index (χ3v) is 1.91. The maximum absolute atomic E-state index is 11.0. The lowest BCUT2D eigenvalue weighted by Crippen LogP contribution is -2.24. The molecule has 0 unspecified atom stereocenters. The van der Waals surface area contributed by atoms with Gasteiger partial charge in [-0.1, -0.05) is 0 Å². The van der Waals surface area contributed by atoms with Gasteiger partial charge in [-0.25, -0.2) is 9.78 Å². The van der Waals surface area contributed by atoms with Gasteiger partial charge in [0.1, 0.15) is 0 Å². The van der Waals surface area contributed by atoms with E-state index in [0.717, 1.165) is 16.7 Å². The van der Waals surface area contributed by atoms with Crippen LogP contribution in [0.1, 0.15) is 0 Å². The Kier molecular flexibility index (Phi) is 2.06. The number of H-pyrrole nitrogens is 1. The fourth-order valence-electron chi connectivity index (χ4n) is 1.20. The number of urea groups is 1. The van der Waals surface area contributed by atoms with Gasteiger partial charge in [0.25, 0.3) is 0 Å². The number of aromatic nitrogens is 2. The van der Waals surface area contributed by atoms with E-state index in [4.69, 9.17) is 0 Å². The molecule has 2 aromatic rings. The van der Waals surface area contributed by atoms with Crippen molar-refractivity contribution in [2.75, 3.05) is 12.4 Å². The number of nitrogens with one attached hydrogen (secondary N) is 3. The summed E-state index contributed by atoms with van der Waals surface area (Å²) in [4.78, 5) is 18.1. The van der Waals surface area contributed by atoms with Crippen molar-refractivity contribution in [1.29, 1.82) is 0 Å². The first-order valence-corrected chi connectivity index (χ1v) is 4.21. The number of carbonyl (C=O) groups excluding carboxylic acids is 1. The topological polar surface area (TPSA) is 69.8 Å². The number of hydrogen-bond acceptors (Lipinski definition) is 2. The molecule has 0 radical (unpaired) electrons. The third kappa shape index (κ3) is 1.52. The minimum absolute atomic E-state index is 0.236. The monoisotopic (exact) mass is 190 g/mol. The Bertz CT molecular complexity index is 463. The van der Waals surface area contributed by atoms with E-state index in [1.807, 2.05) is 12.1 Å². The van der Waals surface area contributed by atoms with Crippen LogP contribution in [-0.4, -0.2) is 23.0 Å². The van der Waals surface area contributed by atoms with Crippen LogP contribution >= 0.6 is 0 Å². The van der Waals surface area contributed by atoms with Crippen molar-refractivity contribution in [1.82, 2.24) is 15.3 Å². The second-order valence-electron chi connectivity index (χ2n) is 2.84. The van der Waals surface area contributed by atoms with Crippen LogP contribution < -0.4 is 10.6 Å². The number of rotatable bonds is 1. The molecule has 0 aliphatic rings. The van der Waals surface area contributed by atoms with Crippen molar-refractivity contribution in [3.8, 4) is 0 Å². The lowest BCUT2D eigenvalue weighted by Gasteiger charge is -2.03. The molecule has 2 amide bonds. The Labute approximate surface area is 80.5 Å². The van der Waals surface area contributed by atoms with E-state index in [1.165, 1.54) is 0 Å². The fraction of sp³-hybridized carbons (Fsp3) is 0.111. The Morgan fingerprint density at radius 3 is 3.14 bits per heavy atom. The zero-order chi connectivity index (χ0) is 9.97. The minimum atomic E-state index is -0.236. The molecule has 1 heterocycles. The van der Waals surface area contributed by atoms with Crippen molar-refractivity contribution < 1.29 is 4.79 Å². The third-order valence-electron chi connectivity index (χ3n) is 1.91. The summed E-state index contributed by atoms with van der Waals surface area (Å²) in [7, 11) is 1.57. The average Bonchev–Trinajstić information content (AvgIpc) is 2.64. The van der Waals surface area contributed by atoms with Crippen molar-refractivity contribution in [3.05, 3.63) is 24.5 Å². The van der Waals surface area contributed by atoms with Gasteiger partial charge in [-0.15, -0.1) is 0 Å². The van der Waals surface area contributed by atoms with Crippen molar-refractivity contribution in [2.24, 2.45) is 0 Å². The van der Waals surface area contributed by atoms with Gasteiger partial charge < -0.3 is 15.6 Å². The number of fused-ring (bicyclic) bond motifs is 1. The van der Waals surface area contributed by atoms with Crippen LogP contribution in [0.5, 0.6) is 0 Å². The normalized spacial score (nSPS) is 10.1. The number of nitrogens with zero attached hydrogens (tertiary/aromatic N) is 1. The Hall–Kier alpha value is -2.04. The van der Waals surface area contributed by atoms with Crippen LogP contribution in [0.25, 0.3) is 11.0 Å². The smallest absolute Gasteiger partial charge is 0.318 e. The maximum Gasteiger partial charge on any atom is 0.318 e. The molecule has 0 bridgehead atoms. The molecule has 1 aromatic heterocycles. The van der Waals surface area contributed by atoms with E-state index in [2.05, 4.69) is 20.6 Å². The van der Waals surface area contributed by atoms with Crippen LogP contribution in [0.2, 0.25) is 0 Å². The number of carbonyl (C=O) groups is 1. The van der Waals surface area contributed by atoms with Crippen LogP contribution in [0.15, 0.2) is 24.5 Å². The van der Waals surface area contributed by atoms with Gasteiger partial charge in [0, 0.05) is 12.7 Å². The molecule has 0 aliphatic heterocycles. The highest BCUT2D eigenvalue weighted by Gasteiger charge is 2.00. The first-order valence-electron chi connectivity index (χ1n) is 4.21. The lowest BCUT2D eigenvalue weighted by atomic mass is 10.3. The summed E-state index contributed by atoms with van der Waals surface area (Å²) in [6.45, 7) is 0. The molecule has 1 aromatic carbocycles. The van der Waals surface area contributed by atoms with Gasteiger partial charge >= 0.3 is 6.03 Å². The van der Waals surface area contributed by atoms with E-state index in [0.29, 0.717) is 0 Å². The van der Waals surface area contributed by atoms with E-state index in [1.54, 1.807) is 19.4 Å². The summed E-state index contributed by atoms with van der Waals surface area (Å²) < 4.78 is 0. The van der Waals surface area contributed by atoms with Crippen molar-refractivity contribution >= 4 is 22.8 Å². The highest BCUT2D eigenvalue weighted by atomic mass is 16.2. The molecule has 2 rings (SSSR count). The number of benzene rings is 1. The van der Waals surface area contributed by atoms with Crippen LogP contribution in [-0.2, 0) is 0 Å². The van der Waals surface area contributed by atoms with E-state index < -0.39 is 0 Å². The molecule has 0 atom stereocenters. The molecule has 0 fully saturated rings. The average molecular weight is 190 g/mol. The summed E-state index contributed by atoms with van der Waals surface area (Å²) in [6.07, 6.45) is 1.62. The number of hydrogen-bond donors (Lipinski definition) is 3. The standard InChI is InChI=1S/C9H10N4O/c1-10-9(14)13-6-2-3-7-8(4-6)12-5-11-7/h2-5H,1H3,(H,11,12)(H2,10,13,14). The Morgan fingerprint density at radius 1 is 1.50 bits per heavy atom. The van der Waals surface area contributed by atoms with E-state index in [-0.39, 0.29) is 6.03 Å². The van der Waals surface area contributed by atoms with Crippen LogP contribution in [0.4, 0.5) is 10.5 Å². The first-order chi connectivity index (χ1) is 6.79. The zero-order valence-electron chi connectivity index (χ0n) is 7.66. The molecule has 0 spiro atoms. The fourth-order valence-corrected chi connectivity index (χ4v) is 1.20. The van der Waals surface area contributed by atoms with Gasteiger partial charge in [-0.3, -0.25) is 0 Å². The van der Waals surface area contributed by atoms with Gasteiger partial charge in [0.2, 0.25) is 0 Å². The summed E-state index contributed by atoms with van der Waals surface area (Å²) in [5, 5.41) is 5.15. The largest absolute Gasteiger partial charge is 0.345 e. The predicted molar refractivity (Wildman–Crippen MR) is 54.2 cm³/mol. The number of amides is 2. The van der Waals surface area contributed by atoms with E-state index >= 15 is 0 Å². The van der Waals surface area contributed by atoms with Crippen molar-refractivity contribution in [2.45, 2.75) is 0 Å². The minimum Gasteiger partial charge on any atom is -0.345 e. The van der Waals surface area contributed by atoms with Gasteiger partial charge in [-0.05, 0) is 18.2 Å². The maximum atomic E-state index is 11.0. The first kappa shape index (κ1) is 8.55. The molecule has 5 nitrogen and oxygen atoms in total. The lowest BCUT2D eigenvalue weighted by molar-refractivity contribution is 0.254. The molecule has 72 valence electrons. The summed E-state index contributed by atoms with van der Waals surface area (Å²) >= 11 is 0. The number of aromatic amines is 1. The predicted octanol–water partition coefficient (Wildman–Crippen LogP) is 1.31. The number of anilines is 1. The van der Waals surface area contributed by atoms with Crippen molar-refractivity contribution in [3.63, 3.8) is 0 Å². The van der Waals surface area contributed by atoms with Crippen LogP contribution in [0.3, 0.4) is 0 Å². The molecule has 3 N–H and O–H groups in total. The number of imidazole rings is 1. The molecular weight excluding hydrogens is 180 g/mol. The summed E-state index contributed by atoms with van der Waals surface area (Å²) in [5.41, 5.74) is 2.51. The summed E-state index contributed by atoms with van der Waals surface area (Å²) in [5.74, 6) is 0. The highest BCUT2D eigenvalue weighted by Crippen LogP contribution is 2.15. The van der Waals surface area contributed by atoms with E-state index in [9.17, 15) is 4.79 Å².